The molecule has 8 nitrogen and oxygen atoms in total. The number of anilines is 1. The summed E-state index contributed by atoms with van der Waals surface area (Å²) in [6.45, 7) is 3.22. The molecule has 4 rings (SSSR count). The van der Waals surface area contributed by atoms with Crippen LogP contribution in [-0.4, -0.2) is 47.1 Å². The number of carbonyl (C=O) groups is 2. The van der Waals surface area contributed by atoms with Gasteiger partial charge in [0, 0.05) is 31.2 Å². The zero-order chi connectivity index (χ0) is 23.0. The van der Waals surface area contributed by atoms with Gasteiger partial charge in [0.1, 0.15) is 5.75 Å². The van der Waals surface area contributed by atoms with Crippen LogP contribution in [0.1, 0.15) is 50.5 Å². The number of benzene rings is 1. The summed E-state index contributed by atoms with van der Waals surface area (Å²) in [7, 11) is 0. The van der Waals surface area contributed by atoms with Gasteiger partial charge in [-0.1, -0.05) is 37.0 Å². The molecular weight excluding hydrogens is 418 g/mol. The number of amides is 4. The van der Waals surface area contributed by atoms with Gasteiger partial charge in [-0.3, -0.25) is 0 Å². The maximum absolute atomic E-state index is 12.6. The first-order chi connectivity index (χ1) is 16.0. The standard InChI is InChI=1S/C25H33N5O3/c1-18-7-10-22(11-8-18)33-23-12-9-21(17-26-23)29-25(32)30-15-13-20(14-16-30)28-24(31)27-19-5-3-2-4-6-19/h7-12,17,19-20H,2-6,13-16H2,1H3,(H,29,32)(H2,27,28,31). The Labute approximate surface area is 195 Å². The van der Waals surface area contributed by atoms with Crippen molar-refractivity contribution >= 4 is 17.7 Å². The second-order valence-corrected chi connectivity index (χ2v) is 8.94. The molecular formula is C25H33N5O3. The molecule has 2 aromatic rings. The van der Waals surface area contributed by atoms with Crippen molar-refractivity contribution < 1.29 is 14.3 Å². The van der Waals surface area contributed by atoms with Crippen molar-refractivity contribution in [3.05, 3.63) is 48.2 Å². The molecule has 1 aromatic carbocycles. The third-order valence-electron chi connectivity index (χ3n) is 6.29. The van der Waals surface area contributed by atoms with E-state index in [-0.39, 0.29) is 18.1 Å². The molecule has 8 heteroatoms. The highest BCUT2D eigenvalue weighted by Gasteiger charge is 2.25. The highest BCUT2D eigenvalue weighted by atomic mass is 16.5. The predicted octanol–water partition coefficient (Wildman–Crippen LogP) is 4.81. The van der Waals surface area contributed by atoms with Gasteiger partial charge in [-0.15, -0.1) is 0 Å². The maximum atomic E-state index is 12.6. The molecule has 1 saturated carbocycles. The van der Waals surface area contributed by atoms with E-state index in [0.717, 1.165) is 31.2 Å². The molecule has 2 fully saturated rings. The topological polar surface area (TPSA) is 95.6 Å². The first-order valence-electron chi connectivity index (χ1n) is 11.9. The molecule has 0 spiro atoms. The van der Waals surface area contributed by atoms with E-state index < -0.39 is 0 Å². The van der Waals surface area contributed by atoms with Crippen molar-refractivity contribution in [1.82, 2.24) is 20.5 Å². The highest BCUT2D eigenvalue weighted by molar-refractivity contribution is 5.89. The first kappa shape index (κ1) is 22.9. The zero-order valence-electron chi connectivity index (χ0n) is 19.2. The lowest BCUT2D eigenvalue weighted by molar-refractivity contribution is 0.186. The molecule has 1 aromatic heterocycles. The molecule has 1 saturated heterocycles. The summed E-state index contributed by atoms with van der Waals surface area (Å²) in [4.78, 5) is 30.9. The van der Waals surface area contributed by atoms with E-state index in [1.807, 2.05) is 31.2 Å². The Morgan fingerprint density at radius 1 is 0.909 bits per heavy atom. The second kappa shape index (κ2) is 11.0. The number of aromatic nitrogens is 1. The number of piperidine rings is 1. The molecule has 3 N–H and O–H groups in total. The highest BCUT2D eigenvalue weighted by Crippen LogP contribution is 2.21. The average Bonchev–Trinajstić information content (AvgIpc) is 2.83. The van der Waals surface area contributed by atoms with Gasteiger partial charge in [-0.25, -0.2) is 14.6 Å². The number of urea groups is 2. The van der Waals surface area contributed by atoms with E-state index in [1.54, 1.807) is 23.2 Å². The summed E-state index contributed by atoms with van der Waals surface area (Å²) < 4.78 is 5.73. The minimum Gasteiger partial charge on any atom is -0.439 e. The monoisotopic (exact) mass is 451 g/mol. The number of pyridine rings is 1. The van der Waals surface area contributed by atoms with Gasteiger partial charge in [0.15, 0.2) is 0 Å². The van der Waals surface area contributed by atoms with E-state index >= 15 is 0 Å². The van der Waals surface area contributed by atoms with Gasteiger partial charge >= 0.3 is 12.1 Å². The van der Waals surface area contributed by atoms with Gasteiger partial charge in [0.2, 0.25) is 5.88 Å². The summed E-state index contributed by atoms with van der Waals surface area (Å²) in [6.07, 6.45) is 8.86. The molecule has 1 aliphatic heterocycles. The minimum atomic E-state index is -0.158. The van der Waals surface area contributed by atoms with Crippen LogP contribution in [0.3, 0.4) is 0 Å². The molecule has 1 aliphatic carbocycles. The van der Waals surface area contributed by atoms with Crippen molar-refractivity contribution in [3.8, 4) is 11.6 Å². The second-order valence-electron chi connectivity index (χ2n) is 8.94. The van der Waals surface area contributed by atoms with Crippen LogP contribution in [0.15, 0.2) is 42.6 Å². The van der Waals surface area contributed by atoms with E-state index in [1.165, 1.54) is 19.3 Å². The van der Waals surface area contributed by atoms with Crippen LogP contribution in [0.25, 0.3) is 0 Å². The largest absolute Gasteiger partial charge is 0.439 e. The van der Waals surface area contributed by atoms with Gasteiger partial charge in [-0.05, 0) is 50.8 Å². The number of hydrogen-bond donors (Lipinski definition) is 3. The fourth-order valence-electron chi connectivity index (χ4n) is 4.33. The Balaban J connectivity index is 1.18. The zero-order valence-corrected chi connectivity index (χ0v) is 19.2. The SMILES string of the molecule is Cc1ccc(Oc2ccc(NC(=O)N3CCC(NC(=O)NC4CCCCC4)CC3)cn2)cc1. The molecule has 0 atom stereocenters. The van der Waals surface area contributed by atoms with Crippen LogP contribution in [0.2, 0.25) is 0 Å². The summed E-state index contributed by atoms with van der Waals surface area (Å²) in [5.74, 6) is 1.18. The van der Waals surface area contributed by atoms with E-state index in [2.05, 4.69) is 20.9 Å². The smallest absolute Gasteiger partial charge is 0.321 e. The number of rotatable bonds is 5. The Hall–Kier alpha value is -3.29. The van der Waals surface area contributed by atoms with Gasteiger partial charge in [0.05, 0.1) is 11.9 Å². The van der Waals surface area contributed by atoms with Crippen molar-refractivity contribution in [2.45, 2.75) is 64.0 Å². The molecule has 4 amide bonds. The van der Waals surface area contributed by atoms with Crippen molar-refractivity contribution in [2.75, 3.05) is 18.4 Å². The van der Waals surface area contributed by atoms with Crippen LogP contribution < -0.4 is 20.7 Å². The quantitative estimate of drug-likeness (QED) is 0.608. The number of hydrogen-bond acceptors (Lipinski definition) is 4. The number of likely N-dealkylation sites (tertiary alicyclic amines) is 1. The van der Waals surface area contributed by atoms with Crippen LogP contribution in [0.4, 0.5) is 15.3 Å². The van der Waals surface area contributed by atoms with Crippen LogP contribution in [0, 0.1) is 6.92 Å². The predicted molar refractivity (Wildman–Crippen MR) is 128 cm³/mol. The number of aryl methyl sites for hydroxylation is 1. The normalized spacial score (nSPS) is 17.3. The lowest BCUT2D eigenvalue weighted by atomic mass is 9.96. The Kier molecular flexibility index (Phi) is 7.65. The Morgan fingerprint density at radius 3 is 2.21 bits per heavy atom. The molecule has 0 unspecified atom stereocenters. The maximum Gasteiger partial charge on any atom is 0.321 e. The number of nitrogens with zero attached hydrogens (tertiary/aromatic N) is 2. The fourth-order valence-corrected chi connectivity index (χ4v) is 4.33. The van der Waals surface area contributed by atoms with Gasteiger partial charge in [-0.2, -0.15) is 0 Å². The van der Waals surface area contributed by atoms with Crippen molar-refractivity contribution in [1.29, 1.82) is 0 Å². The molecule has 176 valence electrons. The van der Waals surface area contributed by atoms with Crippen LogP contribution in [-0.2, 0) is 0 Å². The summed E-state index contributed by atoms with van der Waals surface area (Å²) in [6, 6.07) is 11.4. The third kappa shape index (κ3) is 6.84. The average molecular weight is 452 g/mol. The van der Waals surface area contributed by atoms with E-state index in [0.29, 0.717) is 36.4 Å². The number of ether oxygens (including phenoxy) is 1. The molecule has 0 bridgehead atoms. The lowest BCUT2D eigenvalue weighted by Gasteiger charge is -2.33. The Morgan fingerprint density at radius 2 is 1.58 bits per heavy atom. The number of carbonyl (C=O) groups excluding carboxylic acids is 2. The number of nitrogens with one attached hydrogen (secondary N) is 3. The molecule has 33 heavy (non-hydrogen) atoms. The van der Waals surface area contributed by atoms with Crippen molar-refractivity contribution in [3.63, 3.8) is 0 Å². The first-order valence-corrected chi connectivity index (χ1v) is 11.9. The fraction of sp³-hybridized carbons (Fsp3) is 0.480. The lowest BCUT2D eigenvalue weighted by Crippen LogP contribution is -2.51. The third-order valence-corrected chi connectivity index (χ3v) is 6.29. The minimum absolute atomic E-state index is 0.0798. The summed E-state index contributed by atoms with van der Waals surface area (Å²) >= 11 is 0. The molecule has 0 radical (unpaired) electrons. The van der Waals surface area contributed by atoms with E-state index in [4.69, 9.17) is 4.74 Å². The molecule has 2 aliphatic rings. The van der Waals surface area contributed by atoms with Gasteiger partial charge < -0.3 is 25.6 Å². The van der Waals surface area contributed by atoms with Crippen molar-refractivity contribution in [2.24, 2.45) is 0 Å². The van der Waals surface area contributed by atoms with Gasteiger partial charge in [0.25, 0.3) is 0 Å². The van der Waals surface area contributed by atoms with E-state index in [9.17, 15) is 9.59 Å². The van der Waals surface area contributed by atoms with Crippen LogP contribution in [0.5, 0.6) is 11.6 Å². The Bertz CT molecular complexity index is 918. The van der Waals surface area contributed by atoms with Crippen LogP contribution >= 0.6 is 0 Å². The summed E-state index contributed by atoms with van der Waals surface area (Å²) in [5.41, 5.74) is 1.78. The molecule has 2 heterocycles. The summed E-state index contributed by atoms with van der Waals surface area (Å²) in [5, 5.41) is 9.06.